The third kappa shape index (κ3) is 54.7. The fourth-order valence-corrected chi connectivity index (χ4v) is 8.26. The highest BCUT2D eigenvalue weighted by atomic mass is 31.2. The lowest BCUT2D eigenvalue weighted by Crippen LogP contribution is -2.30. The van der Waals surface area contributed by atoms with Crippen LogP contribution in [0, 0.1) is 0 Å². The number of ether oxygens (including phenoxy) is 3. The molecule has 432 valence electrons. The minimum Gasteiger partial charge on any atom is -0.462 e. The van der Waals surface area contributed by atoms with E-state index in [1.807, 2.05) is 6.08 Å². The molecule has 0 aromatic carbocycles. The van der Waals surface area contributed by atoms with Crippen molar-refractivity contribution in [1.82, 2.24) is 0 Å². The lowest BCUT2D eigenvalue weighted by Gasteiger charge is -2.21. The van der Waals surface area contributed by atoms with E-state index in [9.17, 15) is 28.9 Å². The highest BCUT2D eigenvalue weighted by molar-refractivity contribution is 7.47. The van der Waals surface area contributed by atoms with E-state index >= 15 is 0 Å². The zero-order chi connectivity index (χ0) is 55.5. The van der Waals surface area contributed by atoms with Crippen LogP contribution in [0.2, 0.25) is 0 Å². The summed E-state index contributed by atoms with van der Waals surface area (Å²) in [6.45, 7) is 4.31. The first kappa shape index (κ1) is 71.9. The molecule has 0 fully saturated rings. The summed E-state index contributed by atoms with van der Waals surface area (Å²) in [5.41, 5.74) is 0. The summed E-state index contributed by atoms with van der Waals surface area (Å²) in [5.74, 6) is -1.58. The average molecular weight is 1080 g/mol. The van der Waals surface area contributed by atoms with Gasteiger partial charge in [-0.2, -0.15) is 0 Å². The number of rotatable bonds is 53. The largest absolute Gasteiger partial charge is 0.472 e. The molecule has 3 atom stereocenters. The van der Waals surface area contributed by atoms with E-state index in [1.54, 1.807) is 0 Å². The van der Waals surface area contributed by atoms with Crippen LogP contribution in [0.1, 0.15) is 226 Å². The Morgan fingerprint density at radius 3 is 1.09 bits per heavy atom. The molecule has 0 aromatic heterocycles. The van der Waals surface area contributed by atoms with Gasteiger partial charge in [-0.15, -0.1) is 0 Å². The second-order valence-corrected chi connectivity index (χ2v) is 20.5. The molecule has 0 saturated heterocycles. The molecule has 0 radical (unpaired) electrons. The standard InChI is InChI=1S/C64H105O11P/c1-4-7-10-13-16-19-22-25-27-29-30-32-34-37-40-43-46-49-52-55-64(68)75-61(57-71-62(66)53-50-47-44-41-38-36-33-31-28-26-23-20-17-14-11-8-5-2)59-73-76(69,70)72-58-60(56-65)74-63(67)54-51-48-45-42-39-35-24-21-18-15-12-9-6-3/h7-8,10-11,16-17,19-20,25-28,30,32-33,36-37,40-41,44,60-61,65H,4-6,9,12-15,18,21-24,29,31,34-35,38-39,42-43,45-59H2,1-3H3,(H,69,70)/b10-7-,11-8-,19-16-,20-17-,27-25-,28-26-,32-30-,36-33-,40-37-,44-41-. The van der Waals surface area contributed by atoms with Gasteiger partial charge in [-0.1, -0.05) is 226 Å². The molecule has 0 amide bonds. The molecule has 0 aliphatic heterocycles. The topological polar surface area (TPSA) is 155 Å². The molecule has 11 nitrogen and oxygen atoms in total. The van der Waals surface area contributed by atoms with Crippen LogP contribution in [-0.4, -0.2) is 66.5 Å². The number of esters is 3. The van der Waals surface area contributed by atoms with Gasteiger partial charge in [0.25, 0.3) is 0 Å². The van der Waals surface area contributed by atoms with Crippen molar-refractivity contribution in [3.05, 3.63) is 122 Å². The average Bonchev–Trinajstić information content (AvgIpc) is 3.41. The number of allylic oxidation sites excluding steroid dienone is 20. The Balaban J connectivity index is 4.88. The van der Waals surface area contributed by atoms with Crippen molar-refractivity contribution < 1.29 is 52.2 Å². The van der Waals surface area contributed by atoms with Crippen LogP contribution in [0.3, 0.4) is 0 Å². The van der Waals surface area contributed by atoms with E-state index in [0.29, 0.717) is 25.7 Å². The van der Waals surface area contributed by atoms with Gasteiger partial charge in [0.1, 0.15) is 12.7 Å². The maximum atomic E-state index is 12.9. The SMILES string of the molecule is CC/C=C\C/C=C\C/C=C\C/C=C\C/C=C\CCCCCC(=O)OC(COC(=O)CCC/C=C\C/C=C\C/C=C\C/C=C\C/C=C\CC)COP(=O)(O)OCC(CO)OC(=O)CCCCCCCCCCCCCCC. The Morgan fingerprint density at radius 2 is 0.697 bits per heavy atom. The molecule has 3 unspecified atom stereocenters. The Labute approximate surface area is 462 Å². The van der Waals surface area contributed by atoms with E-state index in [-0.39, 0.29) is 25.9 Å². The minimum atomic E-state index is -4.78. The molecule has 0 bridgehead atoms. The highest BCUT2D eigenvalue weighted by Gasteiger charge is 2.28. The molecule has 0 aliphatic rings. The van der Waals surface area contributed by atoms with Crippen LogP contribution in [-0.2, 0) is 42.2 Å². The van der Waals surface area contributed by atoms with Crippen LogP contribution in [0.5, 0.6) is 0 Å². The Hall–Kier alpha value is -4.12. The summed E-state index contributed by atoms with van der Waals surface area (Å²) in [7, 11) is -4.78. The molecule has 2 N–H and O–H groups in total. The zero-order valence-electron chi connectivity index (χ0n) is 47.7. The molecule has 76 heavy (non-hydrogen) atoms. The fourth-order valence-electron chi connectivity index (χ4n) is 7.48. The lowest BCUT2D eigenvalue weighted by atomic mass is 10.0. The first-order valence-electron chi connectivity index (χ1n) is 29.4. The maximum absolute atomic E-state index is 12.9. The zero-order valence-corrected chi connectivity index (χ0v) is 48.6. The van der Waals surface area contributed by atoms with Gasteiger partial charge in [-0.3, -0.25) is 23.4 Å². The number of hydrogen-bond donors (Lipinski definition) is 2. The van der Waals surface area contributed by atoms with E-state index < -0.39 is 57.8 Å². The smallest absolute Gasteiger partial charge is 0.462 e. The first-order valence-corrected chi connectivity index (χ1v) is 30.9. The predicted octanol–water partition coefficient (Wildman–Crippen LogP) is 17.6. The summed E-state index contributed by atoms with van der Waals surface area (Å²) in [4.78, 5) is 48.6. The number of carbonyl (C=O) groups excluding carboxylic acids is 3. The summed E-state index contributed by atoms with van der Waals surface area (Å²) in [5, 5.41) is 9.82. The first-order chi connectivity index (χ1) is 37.2. The van der Waals surface area contributed by atoms with Crippen LogP contribution in [0.15, 0.2) is 122 Å². The van der Waals surface area contributed by atoms with Crippen molar-refractivity contribution in [3.63, 3.8) is 0 Å². The van der Waals surface area contributed by atoms with Gasteiger partial charge in [-0.05, 0) is 103 Å². The van der Waals surface area contributed by atoms with Gasteiger partial charge in [-0.25, -0.2) is 4.57 Å². The van der Waals surface area contributed by atoms with Crippen LogP contribution in [0.4, 0.5) is 0 Å². The second-order valence-electron chi connectivity index (χ2n) is 19.0. The fraction of sp³-hybridized carbons (Fsp3) is 0.641. The van der Waals surface area contributed by atoms with E-state index in [1.165, 1.54) is 57.8 Å². The van der Waals surface area contributed by atoms with E-state index in [4.69, 9.17) is 23.3 Å². The molecule has 0 aliphatic carbocycles. The molecule has 0 rings (SSSR count). The van der Waals surface area contributed by atoms with Gasteiger partial charge in [0.2, 0.25) is 0 Å². The number of hydrogen-bond acceptors (Lipinski definition) is 10. The molecule has 0 aromatic rings. The van der Waals surface area contributed by atoms with Gasteiger partial charge < -0.3 is 24.2 Å². The lowest BCUT2D eigenvalue weighted by molar-refractivity contribution is -0.161. The molecule has 0 heterocycles. The second kappa shape index (κ2) is 57.1. The van der Waals surface area contributed by atoms with Crippen LogP contribution >= 0.6 is 7.82 Å². The van der Waals surface area contributed by atoms with Gasteiger partial charge in [0, 0.05) is 19.3 Å². The number of phosphoric ester groups is 1. The molecule has 0 spiro atoms. The van der Waals surface area contributed by atoms with Crippen LogP contribution in [0.25, 0.3) is 0 Å². The maximum Gasteiger partial charge on any atom is 0.472 e. The number of aliphatic hydroxyl groups excluding tert-OH is 1. The number of unbranched alkanes of at least 4 members (excludes halogenated alkanes) is 16. The van der Waals surface area contributed by atoms with E-state index in [0.717, 1.165) is 103 Å². The third-order valence-electron chi connectivity index (χ3n) is 11.9. The Bertz CT molecular complexity index is 1740. The quantitative estimate of drug-likeness (QED) is 0.0197. The number of phosphoric acid groups is 1. The number of carbonyl (C=O) groups is 3. The van der Waals surface area contributed by atoms with Crippen molar-refractivity contribution in [1.29, 1.82) is 0 Å². The minimum absolute atomic E-state index is 0.111. The van der Waals surface area contributed by atoms with Crippen molar-refractivity contribution in [2.24, 2.45) is 0 Å². The third-order valence-corrected chi connectivity index (χ3v) is 12.8. The molecule has 12 heteroatoms. The van der Waals surface area contributed by atoms with Crippen molar-refractivity contribution in [3.8, 4) is 0 Å². The van der Waals surface area contributed by atoms with Crippen molar-refractivity contribution >= 4 is 25.7 Å². The van der Waals surface area contributed by atoms with Crippen molar-refractivity contribution in [2.45, 2.75) is 238 Å². The summed E-state index contributed by atoms with van der Waals surface area (Å²) in [6.07, 6.45) is 70.2. The normalized spacial score (nSPS) is 14.2. The Kier molecular flexibility index (Phi) is 54.0. The monoisotopic (exact) mass is 1080 g/mol. The number of aliphatic hydroxyl groups is 1. The Morgan fingerprint density at radius 1 is 0.382 bits per heavy atom. The van der Waals surface area contributed by atoms with Gasteiger partial charge in [0.05, 0.1) is 19.8 Å². The molecular formula is C64H105O11P. The molecule has 0 saturated carbocycles. The van der Waals surface area contributed by atoms with E-state index in [2.05, 4.69) is 136 Å². The van der Waals surface area contributed by atoms with Gasteiger partial charge >= 0.3 is 25.7 Å². The van der Waals surface area contributed by atoms with Gasteiger partial charge in [0.15, 0.2) is 6.10 Å². The van der Waals surface area contributed by atoms with Crippen molar-refractivity contribution in [2.75, 3.05) is 26.4 Å². The summed E-state index contributed by atoms with van der Waals surface area (Å²) in [6, 6.07) is 0. The summed E-state index contributed by atoms with van der Waals surface area (Å²) < 4.78 is 39.5. The summed E-state index contributed by atoms with van der Waals surface area (Å²) >= 11 is 0. The highest BCUT2D eigenvalue weighted by Crippen LogP contribution is 2.43. The predicted molar refractivity (Wildman–Crippen MR) is 316 cm³/mol. The molecular weight excluding hydrogens is 976 g/mol. The van der Waals surface area contributed by atoms with Crippen LogP contribution < -0.4 is 0 Å².